The first kappa shape index (κ1) is 38.0. The van der Waals surface area contributed by atoms with Gasteiger partial charge in [-0.1, -0.05) is 60.7 Å². The van der Waals surface area contributed by atoms with Crippen molar-refractivity contribution in [2.45, 2.75) is 103 Å². The molecule has 0 aliphatic rings. The SMILES string of the molecule is CC(C)(C)OC(=O)N[C@@H](Cc1ccccc1)C(=O)OCC[C@@H](O)[C@H](O)CCOC(=O)[C@H](Cc1ccccc1)NC(=O)OC(C)(C)C. The zero-order chi connectivity index (χ0) is 34.3. The highest BCUT2D eigenvalue weighted by Crippen LogP contribution is 2.12. The molecule has 2 amide bonds. The van der Waals surface area contributed by atoms with E-state index in [4.69, 9.17) is 18.9 Å². The van der Waals surface area contributed by atoms with Crippen LogP contribution >= 0.6 is 0 Å². The minimum Gasteiger partial charge on any atom is -0.464 e. The Bertz CT molecular complexity index is 1140. The minimum absolute atomic E-state index is 0.109. The monoisotopic (exact) mass is 644 g/mol. The van der Waals surface area contributed by atoms with Crippen LogP contribution in [0.15, 0.2) is 60.7 Å². The van der Waals surface area contributed by atoms with E-state index in [-0.39, 0.29) is 38.9 Å². The number of alkyl carbamates (subject to hydrolysis) is 2. The summed E-state index contributed by atoms with van der Waals surface area (Å²) in [7, 11) is 0. The molecule has 2 aromatic carbocycles. The molecule has 12 heteroatoms. The fraction of sp³-hybridized carbons (Fsp3) is 0.529. The van der Waals surface area contributed by atoms with E-state index in [1.807, 2.05) is 36.4 Å². The Kier molecular flexibility index (Phi) is 15.0. The van der Waals surface area contributed by atoms with Crippen molar-refractivity contribution in [1.82, 2.24) is 10.6 Å². The van der Waals surface area contributed by atoms with Crippen LogP contribution in [0.5, 0.6) is 0 Å². The van der Waals surface area contributed by atoms with Crippen LogP contribution in [0.25, 0.3) is 0 Å². The van der Waals surface area contributed by atoms with E-state index in [1.165, 1.54) is 0 Å². The molecule has 0 aliphatic heterocycles. The lowest BCUT2D eigenvalue weighted by Gasteiger charge is -2.24. The van der Waals surface area contributed by atoms with E-state index >= 15 is 0 Å². The molecular formula is C34H48N2O10. The fourth-order valence-corrected chi connectivity index (χ4v) is 4.13. The molecular weight excluding hydrogens is 596 g/mol. The lowest BCUT2D eigenvalue weighted by Crippen LogP contribution is -2.46. The van der Waals surface area contributed by atoms with Gasteiger partial charge in [-0.15, -0.1) is 0 Å². The number of ether oxygens (including phenoxy) is 4. The summed E-state index contributed by atoms with van der Waals surface area (Å²) in [5.41, 5.74) is 0.0461. The second-order valence-corrected chi connectivity index (χ2v) is 12.8. The minimum atomic E-state index is -1.29. The molecule has 0 unspecified atom stereocenters. The van der Waals surface area contributed by atoms with Crippen molar-refractivity contribution in [2.24, 2.45) is 0 Å². The van der Waals surface area contributed by atoms with Crippen LogP contribution in [0, 0.1) is 0 Å². The molecule has 0 bridgehead atoms. The number of aliphatic hydroxyl groups excluding tert-OH is 2. The van der Waals surface area contributed by atoms with E-state index < -0.39 is 59.6 Å². The highest BCUT2D eigenvalue weighted by molar-refractivity contribution is 5.82. The third-order valence-corrected chi connectivity index (χ3v) is 6.28. The lowest BCUT2D eigenvalue weighted by molar-refractivity contribution is -0.149. The van der Waals surface area contributed by atoms with Crippen LogP contribution in [0.1, 0.15) is 65.5 Å². The highest BCUT2D eigenvalue weighted by Gasteiger charge is 2.28. The van der Waals surface area contributed by atoms with Crippen LogP contribution in [-0.4, -0.2) is 83.0 Å². The summed E-state index contributed by atoms with van der Waals surface area (Å²) in [4.78, 5) is 50.4. The van der Waals surface area contributed by atoms with Gasteiger partial charge in [0.2, 0.25) is 0 Å². The maximum absolute atomic E-state index is 12.9. The second-order valence-electron chi connectivity index (χ2n) is 12.8. The van der Waals surface area contributed by atoms with Gasteiger partial charge >= 0.3 is 24.1 Å². The molecule has 2 rings (SSSR count). The molecule has 4 N–H and O–H groups in total. The summed E-state index contributed by atoms with van der Waals surface area (Å²) in [5.74, 6) is -1.46. The van der Waals surface area contributed by atoms with Gasteiger partial charge in [-0.2, -0.15) is 0 Å². The molecule has 12 nitrogen and oxygen atoms in total. The van der Waals surface area contributed by atoms with Gasteiger partial charge in [0, 0.05) is 25.7 Å². The van der Waals surface area contributed by atoms with Gasteiger partial charge in [-0.3, -0.25) is 0 Å². The number of hydrogen-bond acceptors (Lipinski definition) is 10. The van der Waals surface area contributed by atoms with Gasteiger partial charge in [0.05, 0.1) is 25.4 Å². The molecule has 0 spiro atoms. The quantitative estimate of drug-likeness (QED) is 0.165. The summed E-state index contributed by atoms with van der Waals surface area (Å²) in [6.07, 6.45) is -4.04. The topological polar surface area (TPSA) is 170 Å². The van der Waals surface area contributed by atoms with E-state index in [2.05, 4.69) is 10.6 Å². The number of carbonyl (C=O) groups excluding carboxylic acids is 4. The Hall–Kier alpha value is -4.16. The summed E-state index contributed by atoms with van der Waals surface area (Å²) >= 11 is 0. The smallest absolute Gasteiger partial charge is 0.408 e. The third kappa shape index (κ3) is 15.7. The second kappa shape index (κ2) is 18.1. The molecule has 4 atom stereocenters. The van der Waals surface area contributed by atoms with Crippen LogP contribution in [0.2, 0.25) is 0 Å². The van der Waals surface area contributed by atoms with E-state index in [0.717, 1.165) is 11.1 Å². The maximum Gasteiger partial charge on any atom is 0.408 e. The standard InChI is InChI=1S/C34H48N2O10/c1-33(2,3)45-31(41)35-25(21-23-13-9-7-10-14-23)29(39)43-19-17-27(37)28(38)18-20-44-30(40)26(22-24-15-11-8-12-16-24)36-32(42)46-34(4,5)6/h7-16,25-28,37-38H,17-22H2,1-6H3,(H,35,41)(H,36,42)/t25-,26-,27+,28+/m0/s1. The highest BCUT2D eigenvalue weighted by atomic mass is 16.6. The summed E-state index contributed by atoms with van der Waals surface area (Å²) in [5, 5.41) is 25.9. The Morgan fingerprint density at radius 3 is 1.24 bits per heavy atom. The van der Waals surface area contributed by atoms with E-state index in [9.17, 15) is 29.4 Å². The number of esters is 2. The number of rotatable bonds is 15. The summed E-state index contributed by atoms with van der Waals surface area (Å²) in [6, 6.07) is 16.0. The van der Waals surface area contributed by atoms with Crippen molar-refractivity contribution >= 4 is 24.1 Å². The average Bonchev–Trinajstić information content (AvgIpc) is 2.95. The van der Waals surface area contributed by atoms with Crippen molar-refractivity contribution in [2.75, 3.05) is 13.2 Å². The van der Waals surface area contributed by atoms with Gasteiger partial charge in [-0.05, 0) is 52.7 Å². The largest absolute Gasteiger partial charge is 0.464 e. The van der Waals surface area contributed by atoms with Crippen molar-refractivity contribution < 1.29 is 48.3 Å². The zero-order valence-electron chi connectivity index (χ0n) is 27.5. The molecule has 0 aromatic heterocycles. The first-order valence-electron chi connectivity index (χ1n) is 15.3. The van der Waals surface area contributed by atoms with Crippen molar-refractivity contribution in [1.29, 1.82) is 0 Å². The lowest BCUT2D eigenvalue weighted by atomic mass is 10.1. The molecule has 0 heterocycles. The molecule has 2 aromatic rings. The Balaban J connectivity index is 1.87. The van der Waals surface area contributed by atoms with Gasteiger partial charge in [0.1, 0.15) is 23.3 Å². The van der Waals surface area contributed by atoms with Crippen molar-refractivity contribution in [3.63, 3.8) is 0 Å². The number of carbonyl (C=O) groups is 4. The average molecular weight is 645 g/mol. The first-order chi connectivity index (χ1) is 21.5. The van der Waals surface area contributed by atoms with E-state index in [1.54, 1.807) is 65.8 Å². The Morgan fingerprint density at radius 2 is 0.935 bits per heavy atom. The van der Waals surface area contributed by atoms with Gasteiger partial charge < -0.3 is 39.8 Å². The molecule has 0 radical (unpaired) electrons. The predicted molar refractivity (Wildman–Crippen MR) is 170 cm³/mol. The molecule has 0 aliphatic carbocycles. The van der Waals surface area contributed by atoms with Crippen LogP contribution in [-0.2, 0) is 41.4 Å². The molecule has 0 fully saturated rings. The molecule has 0 saturated heterocycles. The Labute approximate surface area is 270 Å². The normalized spacial score (nSPS) is 14.2. The van der Waals surface area contributed by atoms with Crippen LogP contribution in [0.3, 0.4) is 0 Å². The number of amides is 2. The predicted octanol–water partition coefficient (Wildman–Crippen LogP) is 3.85. The fourth-order valence-electron chi connectivity index (χ4n) is 4.13. The third-order valence-electron chi connectivity index (χ3n) is 6.28. The number of aliphatic hydroxyl groups is 2. The van der Waals surface area contributed by atoms with Gasteiger partial charge in [-0.25, -0.2) is 19.2 Å². The summed E-state index contributed by atoms with van der Waals surface area (Å²) < 4.78 is 21.2. The molecule has 46 heavy (non-hydrogen) atoms. The molecule has 0 saturated carbocycles. The summed E-state index contributed by atoms with van der Waals surface area (Å²) in [6.45, 7) is 9.74. The zero-order valence-corrected chi connectivity index (χ0v) is 27.5. The number of hydrogen-bond donors (Lipinski definition) is 4. The van der Waals surface area contributed by atoms with E-state index in [0.29, 0.717) is 0 Å². The Morgan fingerprint density at radius 1 is 0.609 bits per heavy atom. The van der Waals surface area contributed by atoms with Crippen molar-refractivity contribution in [3.8, 4) is 0 Å². The number of nitrogens with one attached hydrogen (secondary N) is 2. The van der Waals surface area contributed by atoms with Crippen LogP contribution in [0.4, 0.5) is 9.59 Å². The van der Waals surface area contributed by atoms with Crippen LogP contribution < -0.4 is 10.6 Å². The maximum atomic E-state index is 12.9. The number of benzene rings is 2. The van der Waals surface area contributed by atoms with Gasteiger partial charge in [0.25, 0.3) is 0 Å². The van der Waals surface area contributed by atoms with Gasteiger partial charge in [0.15, 0.2) is 0 Å². The van der Waals surface area contributed by atoms with Crippen molar-refractivity contribution in [3.05, 3.63) is 71.8 Å². The first-order valence-corrected chi connectivity index (χ1v) is 15.3. The molecule has 254 valence electrons.